The van der Waals surface area contributed by atoms with Gasteiger partial charge in [0.2, 0.25) is 0 Å². The van der Waals surface area contributed by atoms with Crippen LogP contribution in [0.5, 0.6) is 0 Å². The van der Waals surface area contributed by atoms with E-state index in [4.69, 9.17) is 0 Å². The summed E-state index contributed by atoms with van der Waals surface area (Å²) in [6, 6.07) is 0. The van der Waals surface area contributed by atoms with E-state index in [0.29, 0.717) is 5.56 Å². The van der Waals surface area contributed by atoms with Gasteiger partial charge in [-0.1, -0.05) is 13.3 Å². The lowest BCUT2D eigenvalue weighted by molar-refractivity contribution is 0.0694. The Morgan fingerprint density at radius 1 is 1.06 bits per heavy atom. The SMILES string of the molecule is CCCCc1c(I)c(I)c(I)c(C(=O)O)c1I. The van der Waals surface area contributed by atoms with Crippen LogP contribution in [0.1, 0.15) is 35.7 Å². The third kappa shape index (κ3) is 3.80. The molecule has 94 valence electrons. The van der Waals surface area contributed by atoms with Crippen molar-refractivity contribution >= 4 is 96.3 Å². The monoisotopic (exact) mass is 682 g/mol. The minimum atomic E-state index is -0.828. The highest BCUT2D eigenvalue weighted by Gasteiger charge is 2.22. The molecule has 1 aromatic rings. The minimum Gasteiger partial charge on any atom is -0.478 e. The van der Waals surface area contributed by atoms with E-state index in [1.165, 1.54) is 9.13 Å². The molecule has 0 aliphatic carbocycles. The van der Waals surface area contributed by atoms with Gasteiger partial charge in [0.1, 0.15) is 0 Å². The van der Waals surface area contributed by atoms with Crippen molar-refractivity contribution in [3.8, 4) is 0 Å². The summed E-state index contributed by atoms with van der Waals surface area (Å²) in [7, 11) is 0. The molecule has 1 aromatic carbocycles. The molecule has 6 heteroatoms. The van der Waals surface area contributed by atoms with Crippen LogP contribution in [-0.2, 0) is 6.42 Å². The Morgan fingerprint density at radius 2 is 1.65 bits per heavy atom. The fraction of sp³-hybridized carbons (Fsp3) is 0.364. The van der Waals surface area contributed by atoms with Gasteiger partial charge in [-0.3, -0.25) is 0 Å². The van der Waals surface area contributed by atoms with Crippen molar-refractivity contribution in [1.29, 1.82) is 0 Å². The highest BCUT2D eigenvalue weighted by atomic mass is 127. The predicted octanol–water partition coefficient (Wildman–Crippen LogP) is 5.15. The summed E-state index contributed by atoms with van der Waals surface area (Å²) in [6.45, 7) is 2.15. The second-order valence-corrected chi connectivity index (χ2v) is 7.83. The molecule has 0 spiro atoms. The van der Waals surface area contributed by atoms with Crippen LogP contribution in [-0.4, -0.2) is 11.1 Å². The first-order valence-corrected chi connectivity index (χ1v) is 9.31. The van der Waals surface area contributed by atoms with E-state index in [1.807, 2.05) is 0 Å². The number of halogens is 4. The molecule has 0 fully saturated rings. The Balaban J connectivity index is 3.44. The third-order valence-electron chi connectivity index (χ3n) is 2.35. The Hall–Kier alpha value is 1.61. The number of aromatic carboxylic acids is 1. The molecule has 0 saturated heterocycles. The van der Waals surface area contributed by atoms with Crippen LogP contribution >= 0.6 is 90.4 Å². The summed E-state index contributed by atoms with van der Waals surface area (Å²) < 4.78 is 4.02. The smallest absolute Gasteiger partial charge is 0.337 e. The number of hydrogen-bond acceptors (Lipinski definition) is 1. The number of hydrogen-bond donors (Lipinski definition) is 1. The van der Waals surface area contributed by atoms with E-state index in [9.17, 15) is 9.90 Å². The van der Waals surface area contributed by atoms with Crippen LogP contribution < -0.4 is 0 Å². The van der Waals surface area contributed by atoms with Crippen LogP contribution in [0.3, 0.4) is 0 Å². The predicted molar refractivity (Wildman–Crippen MR) is 103 cm³/mol. The maximum absolute atomic E-state index is 11.3. The maximum atomic E-state index is 11.3. The number of carboxylic acid groups (broad SMARTS) is 1. The zero-order valence-corrected chi connectivity index (χ0v) is 17.6. The summed E-state index contributed by atoms with van der Waals surface area (Å²) in [5, 5.41) is 9.30. The zero-order valence-electron chi connectivity index (χ0n) is 8.99. The summed E-state index contributed by atoms with van der Waals surface area (Å²) in [5.41, 5.74) is 1.65. The van der Waals surface area contributed by atoms with E-state index in [0.717, 1.165) is 30.0 Å². The minimum absolute atomic E-state index is 0.460. The van der Waals surface area contributed by atoms with Gasteiger partial charge in [0.25, 0.3) is 0 Å². The summed E-state index contributed by atoms with van der Waals surface area (Å²) in [4.78, 5) is 11.3. The van der Waals surface area contributed by atoms with Gasteiger partial charge in [-0.2, -0.15) is 0 Å². The molecule has 0 heterocycles. The fourth-order valence-corrected chi connectivity index (χ4v) is 6.21. The Kier molecular flexibility index (Phi) is 7.26. The average Bonchev–Trinajstić information content (AvgIpc) is 2.26. The lowest BCUT2D eigenvalue weighted by atomic mass is 10.1. The Labute approximate surface area is 155 Å². The largest absolute Gasteiger partial charge is 0.478 e. The van der Waals surface area contributed by atoms with E-state index in [-0.39, 0.29) is 0 Å². The topological polar surface area (TPSA) is 37.3 Å². The lowest BCUT2D eigenvalue weighted by Crippen LogP contribution is -2.10. The van der Waals surface area contributed by atoms with Crippen LogP contribution in [0, 0.1) is 14.3 Å². The zero-order chi connectivity index (χ0) is 13.2. The second kappa shape index (κ2) is 7.41. The quantitative estimate of drug-likeness (QED) is 0.272. The highest BCUT2D eigenvalue weighted by molar-refractivity contribution is 14.1. The number of benzene rings is 1. The van der Waals surface area contributed by atoms with Gasteiger partial charge in [0, 0.05) is 14.3 Å². The van der Waals surface area contributed by atoms with Crippen LogP contribution in [0.25, 0.3) is 0 Å². The normalized spacial score (nSPS) is 10.6. The number of rotatable bonds is 4. The molecule has 1 rings (SSSR count). The van der Waals surface area contributed by atoms with Crippen molar-refractivity contribution in [2.45, 2.75) is 26.2 Å². The van der Waals surface area contributed by atoms with Crippen molar-refractivity contribution in [1.82, 2.24) is 0 Å². The van der Waals surface area contributed by atoms with E-state index >= 15 is 0 Å². The third-order valence-corrected chi connectivity index (χ3v) is 8.95. The summed E-state index contributed by atoms with van der Waals surface area (Å²) >= 11 is 8.86. The summed E-state index contributed by atoms with van der Waals surface area (Å²) in [6.07, 6.45) is 3.18. The van der Waals surface area contributed by atoms with Gasteiger partial charge < -0.3 is 5.11 Å². The van der Waals surface area contributed by atoms with Gasteiger partial charge in [-0.05, 0) is 109 Å². The van der Waals surface area contributed by atoms with Gasteiger partial charge in [-0.25, -0.2) is 4.79 Å². The molecule has 0 unspecified atom stereocenters. The van der Waals surface area contributed by atoms with Gasteiger partial charge >= 0.3 is 5.97 Å². The molecule has 0 aliphatic heterocycles. The molecule has 0 aliphatic rings. The molecule has 0 bridgehead atoms. The van der Waals surface area contributed by atoms with Crippen molar-refractivity contribution in [2.75, 3.05) is 0 Å². The van der Waals surface area contributed by atoms with Gasteiger partial charge in [0.05, 0.1) is 5.56 Å². The summed E-state index contributed by atoms with van der Waals surface area (Å²) in [5.74, 6) is -0.828. The van der Waals surface area contributed by atoms with Crippen molar-refractivity contribution in [3.63, 3.8) is 0 Å². The average molecular weight is 682 g/mol. The standard InChI is InChI=1S/C11H10I4O2/c1-2-3-4-5-7(12)6(11(16)17)9(14)10(15)8(5)13/h2-4H2,1H3,(H,16,17). The molecular weight excluding hydrogens is 672 g/mol. The molecule has 0 saturated carbocycles. The molecule has 1 N–H and O–H groups in total. The molecule has 0 atom stereocenters. The fourth-order valence-electron chi connectivity index (χ4n) is 1.44. The van der Waals surface area contributed by atoms with E-state index < -0.39 is 5.97 Å². The number of unbranched alkanes of at least 4 members (excludes halogenated alkanes) is 1. The molecular formula is C11H10I4O2. The first kappa shape index (κ1) is 16.7. The van der Waals surface area contributed by atoms with Crippen LogP contribution in [0.2, 0.25) is 0 Å². The van der Waals surface area contributed by atoms with Crippen molar-refractivity contribution < 1.29 is 9.90 Å². The van der Waals surface area contributed by atoms with E-state index in [1.54, 1.807) is 0 Å². The van der Waals surface area contributed by atoms with E-state index in [2.05, 4.69) is 97.3 Å². The Morgan fingerprint density at radius 3 is 2.12 bits per heavy atom. The second-order valence-electron chi connectivity index (χ2n) is 3.52. The Bertz CT molecular complexity index is 458. The first-order valence-electron chi connectivity index (χ1n) is 4.99. The van der Waals surface area contributed by atoms with Gasteiger partial charge in [0.15, 0.2) is 0 Å². The highest BCUT2D eigenvalue weighted by Crippen LogP contribution is 2.33. The van der Waals surface area contributed by atoms with Gasteiger partial charge in [-0.15, -0.1) is 0 Å². The van der Waals surface area contributed by atoms with Crippen molar-refractivity contribution in [3.05, 3.63) is 25.4 Å². The van der Waals surface area contributed by atoms with Crippen molar-refractivity contribution in [2.24, 2.45) is 0 Å². The molecule has 0 radical (unpaired) electrons. The number of carbonyl (C=O) groups is 1. The van der Waals surface area contributed by atoms with Crippen LogP contribution in [0.15, 0.2) is 0 Å². The lowest BCUT2D eigenvalue weighted by Gasteiger charge is -2.14. The maximum Gasteiger partial charge on any atom is 0.337 e. The molecule has 0 amide bonds. The number of carboxylic acids is 1. The molecule has 2 nitrogen and oxygen atoms in total. The molecule has 0 aromatic heterocycles. The first-order chi connectivity index (χ1) is 7.91. The van der Waals surface area contributed by atoms with Crippen LogP contribution in [0.4, 0.5) is 0 Å². The molecule has 17 heavy (non-hydrogen) atoms.